The molecule has 1 fully saturated rings. The standard InChI is InChI=1S/C19H15NO6.C17H19NO5.C17H18O6.C16H19NO6.C15H15NO6.C14H13NO6/c21-15-7-1-11(9-17(15)23)19(25)20-12-2-4-13(5-3-12)26-14-6-8-16(22)18(24)10-14;19-13-4-1-11(9-15(13)21)3-6-17(23)18-8-7-12-2-5-14(20)16(22)10-12;18-12-6-4-10(8-14(12)20)22-16-2-1-3-17(16)23-11-5-7-13(19)15(21)9-11;18-11(9-23-12-2-4-14(20)16(22)6-12)8-17-7-10-1-3-13(19)15(21)5-10;17-11-3-1-9(5-13(11)19)7-16-15(21)8-22-10-2-4-12(18)14(20)6-10;16-10-3-1-8(5-12(10)18)15-14(20)7-21-9-2-4-11(17)13(19)6-9/h1-10,21-24H,(H,20,25);1-2,4-5,9-10,19-22H,3,6-8H2,(H,18,23);4-9,16-21H,1-3H2;1-6,11,17-22H,7-9H2;1-6,17-20H,7-8H2,(H,16,21);1-6,16-19H,7H2,(H,15,20). The lowest BCUT2D eigenvalue weighted by atomic mass is 10.1. The molecule has 30 N–H and O–H groups in total. The molecule has 3 atom stereocenters. The summed E-state index contributed by atoms with van der Waals surface area (Å²) < 4.78 is 32.8. The van der Waals surface area contributed by atoms with Crippen LogP contribution in [-0.2, 0) is 40.3 Å². The second kappa shape index (κ2) is 50.3. The maximum Gasteiger partial charge on any atom is 0.262 e. The molecule has 40 heteroatoms. The van der Waals surface area contributed by atoms with E-state index >= 15 is 0 Å². The van der Waals surface area contributed by atoms with Crippen molar-refractivity contribution >= 4 is 35.0 Å². The predicted molar refractivity (Wildman–Crippen MR) is 494 cm³/mol. The number of hydrogen-bond acceptors (Lipinski definition) is 36. The van der Waals surface area contributed by atoms with Crippen LogP contribution in [0, 0.1) is 0 Å². The van der Waals surface area contributed by atoms with Crippen LogP contribution in [0.4, 0.5) is 11.4 Å². The monoisotopic (exact) mass is 1910 g/mol. The summed E-state index contributed by atoms with van der Waals surface area (Å²) in [6, 6.07) is 56.3. The summed E-state index contributed by atoms with van der Waals surface area (Å²) in [5, 5.41) is 247. The van der Waals surface area contributed by atoms with Crippen LogP contribution >= 0.6 is 0 Å². The second-order valence-corrected chi connectivity index (χ2v) is 30.0. The van der Waals surface area contributed by atoms with Gasteiger partial charge in [0.2, 0.25) is 5.91 Å². The molecule has 0 aromatic heterocycles. The Labute approximate surface area is 784 Å². The minimum Gasteiger partial charge on any atom is -0.504 e. The summed E-state index contributed by atoms with van der Waals surface area (Å²) in [5.41, 5.74) is 3.95. The lowest BCUT2D eigenvalue weighted by Gasteiger charge is -2.22. The Hall–Kier alpha value is -18.3. The number of benzene rings is 13. The van der Waals surface area contributed by atoms with E-state index in [1.54, 1.807) is 60.7 Å². The molecule has 4 amide bonds. The van der Waals surface area contributed by atoms with Gasteiger partial charge in [0.15, 0.2) is 151 Å². The molecule has 40 nitrogen and oxygen atoms in total. The van der Waals surface area contributed by atoms with Crippen LogP contribution in [0.3, 0.4) is 0 Å². The number of hydrogen-bond donors (Lipinski definition) is 30. The van der Waals surface area contributed by atoms with Gasteiger partial charge < -0.3 is 183 Å². The van der Waals surface area contributed by atoms with Crippen LogP contribution in [0.5, 0.6) is 178 Å². The van der Waals surface area contributed by atoms with Crippen LogP contribution in [0.15, 0.2) is 243 Å². The maximum absolute atomic E-state index is 12.1. The van der Waals surface area contributed by atoms with Crippen LogP contribution in [0.25, 0.3) is 0 Å². The number of rotatable bonds is 30. The van der Waals surface area contributed by atoms with Gasteiger partial charge in [-0.25, -0.2) is 0 Å². The number of amides is 4. The largest absolute Gasteiger partial charge is 0.504 e. The molecule has 1 saturated carbocycles. The fourth-order valence-electron chi connectivity index (χ4n) is 12.1. The lowest BCUT2D eigenvalue weighted by Crippen LogP contribution is -2.31. The quantitative estimate of drug-likeness (QED) is 0.0147. The molecule has 0 saturated heterocycles. The summed E-state index contributed by atoms with van der Waals surface area (Å²) in [6.07, 6.45) is 2.63. The first kappa shape index (κ1) is 103. The third-order valence-corrected chi connectivity index (χ3v) is 19.4. The number of aliphatic hydroxyl groups excluding tert-OH is 1. The molecule has 0 radical (unpaired) electrons. The molecule has 14 rings (SSSR count). The van der Waals surface area contributed by atoms with Crippen LogP contribution < -0.4 is 55.0 Å². The van der Waals surface area contributed by atoms with Gasteiger partial charge >= 0.3 is 0 Å². The SMILES string of the molecule is O=C(CCc1ccc(O)c(O)c1)NCCc1ccc(O)c(O)c1.O=C(COc1ccc(O)c(O)c1)NCc1ccc(O)c(O)c1.O=C(COc1ccc(O)c(O)c1)Nc1ccc(O)c(O)c1.O=C(Nc1ccc(Oc2ccc(O)c(O)c2)cc1)c1ccc(O)c(O)c1.Oc1ccc(CNCC(O)COc2ccc(O)c(O)c2)cc1O.Oc1ccc(OC2CCCC2Oc2ccc(O)c(O)c2)cc1O. The molecule has 0 aliphatic heterocycles. The van der Waals surface area contributed by atoms with E-state index in [-0.39, 0.29) is 212 Å². The summed E-state index contributed by atoms with van der Waals surface area (Å²) in [6.45, 7) is 0.662. The molecule has 726 valence electrons. The number of aromatic hydroxyl groups is 24. The minimum absolute atomic E-state index is 0.0119. The highest BCUT2D eigenvalue weighted by molar-refractivity contribution is 6.04. The topological polar surface area (TPSA) is 690 Å². The average molecular weight is 1910 g/mol. The average Bonchev–Trinajstić information content (AvgIpc) is 1.68. The number of phenolic OH excluding ortho intramolecular Hbond substituents is 24. The van der Waals surface area contributed by atoms with Gasteiger partial charge in [0.1, 0.15) is 65.2 Å². The molecule has 1 aliphatic carbocycles. The smallest absolute Gasteiger partial charge is 0.262 e. The Morgan fingerprint density at radius 1 is 0.290 bits per heavy atom. The van der Waals surface area contributed by atoms with Gasteiger partial charge in [0, 0.05) is 92.0 Å². The number of aliphatic hydroxyl groups is 1. The van der Waals surface area contributed by atoms with Gasteiger partial charge in [-0.15, -0.1) is 0 Å². The Morgan fingerprint density at radius 3 is 1.06 bits per heavy atom. The molecule has 13 aromatic rings. The van der Waals surface area contributed by atoms with E-state index in [1.807, 2.05) is 0 Å². The number of ether oxygens (including phenoxy) is 6. The summed E-state index contributed by atoms with van der Waals surface area (Å²) in [5.74, 6) is -5.04. The molecule has 138 heavy (non-hydrogen) atoms. The fraction of sp³-hybridized carbons (Fsp3) is 0.163. The van der Waals surface area contributed by atoms with E-state index in [0.29, 0.717) is 71.6 Å². The zero-order chi connectivity index (χ0) is 100. The number of nitrogens with one attached hydrogen (secondary N) is 5. The normalized spacial score (nSPS) is 12.2. The van der Waals surface area contributed by atoms with Crippen molar-refractivity contribution in [3.63, 3.8) is 0 Å². The van der Waals surface area contributed by atoms with E-state index in [9.17, 15) is 132 Å². The number of anilines is 2. The van der Waals surface area contributed by atoms with E-state index in [1.165, 1.54) is 182 Å². The number of aryl methyl sites for hydroxylation is 1. The van der Waals surface area contributed by atoms with Crippen molar-refractivity contribution < 1.29 is 175 Å². The third kappa shape index (κ3) is 33.5. The van der Waals surface area contributed by atoms with Crippen LogP contribution in [0.2, 0.25) is 0 Å². The van der Waals surface area contributed by atoms with Crippen molar-refractivity contribution in [3.8, 4) is 178 Å². The Morgan fingerprint density at radius 2 is 0.623 bits per heavy atom. The van der Waals surface area contributed by atoms with Gasteiger partial charge in [0.05, 0.1) is 0 Å². The molecule has 1 aliphatic rings. The van der Waals surface area contributed by atoms with Crippen molar-refractivity contribution in [2.24, 2.45) is 0 Å². The molecule has 0 spiro atoms. The lowest BCUT2D eigenvalue weighted by molar-refractivity contribution is -0.123. The number of phenols is 24. The van der Waals surface area contributed by atoms with E-state index in [0.717, 1.165) is 36.0 Å². The molecule has 0 bridgehead atoms. The first-order chi connectivity index (χ1) is 65.8. The van der Waals surface area contributed by atoms with Crippen molar-refractivity contribution in [3.05, 3.63) is 270 Å². The van der Waals surface area contributed by atoms with Crippen molar-refractivity contribution in [2.45, 2.75) is 69.9 Å². The molecular formula is C98H99N5O35. The Bertz CT molecular complexity index is 6190. The molecule has 3 unspecified atom stereocenters. The molecule has 0 heterocycles. The zero-order valence-electron chi connectivity index (χ0n) is 72.8. The fourth-order valence-corrected chi connectivity index (χ4v) is 12.1. The van der Waals surface area contributed by atoms with E-state index in [4.69, 9.17) is 43.7 Å². The van der Waals surface area contributed by atoms with Gasteiger partial charge in [-0.2, -0.15) is 0 Å². The van der Waals surface area contributed by atoms with Gasteiger partial charge in [0.25, 0.3) is 17.7 Å². The molecule has 13 aromatic carbocycles. The summed E-state index contributed by atoms with van der Waals surface area (Å²) in [4.78, 5) is 47.2. The Balaban J connectivity index is 0.000000186. The van der Waals surface area contributed by atoms with Crippen LogP contribution in [0.1, 0.15) is 58.3 Å². The number of carbonyl (C=O) groups excluding carboxylic acids is 4. The van der Waals surface area contributed by atoms with E-state index < -0.39 is 23.8 Å². The first-order valence-corrected chi connectivity index (χ1v) is 41.5. The van der Waals surface area contributed by atoms with Crippen molar-refractivity contribution in [2.75, 3.05) is 43.5 Å². The third-order valence-electron chi connectivity index (χ3n) is 19.4. The predicted octanol–water partition coefficient (Wildman–Crippen LogP) is 12.0. The van der Waals surface area contributed by atoms with E-state index in [2.05, 4.69) is 26.6 Å². The van der Waals surface area contributed by atoms with Crippen molar-refractivity contribution in [1.82, 2.24) is 16.0 Å². The second-order valence-electron chi connectivity index (χ2n) is 30.0. The maximum atomic E-state index is 12.1. The minimum atomic E-state index is -0.781. The first-order valence-electron chi connectivity index (χ1n) is 41.5. The highest BCUT2D eigenvalue weighted by Gasteiger charge is 2.32. The van der Waals surface area contributed by atoms with Gasteiger partial charge in [-0.05, 0) is 230 Å². The van der Waals surface area contributed by atoms with Gasteiger partial charge in [-0.1, -0.05) is 24.3 Å². The Kier molecular flexibility index (Phi) is 37.7. The highest BCUT2D eigenvalue weighted by Crippen LogP contribution is 2.40. The van der Waals surface area contributed by atoms with Crippen molar-refractivity contribution in [1.29, 1.82) is 0 Å². The zero-order valence-corrected chi connectivity index (χ0v) is 72.8. The summed E-state index contributed by atoms with van der Waals surface area (Å²) in [7, 11) is 0. The van der Waals surface area contributed by atoms with Crippen LogP contribution in [-0.4, -0.2) is 203 Å². The number of carbonyl (C=O) groups is 4. The van der Waals surface area contributed by atoms with Gasteiger partial charge in [-0.3, -0.25) is 19.2 Å². The molecular weight excluding hydrogens is 1810 g/mol. The highest BCUT2D eigenvalue weighted by atomic mass is 16.5. The summed E-state index contributed by atoms with van der Waals surface area (Å²) >= 11 is 0.